The largest absolute Gasteiger partial charge is 0.156 e. The molecule has 1 saturated heterocycles. The minimum absolute atomic E-state index is 0.0175. The SMILES string of the molecule is Cl[SH]1CSC1. The number of rotatable bonds is 0. The van der Waals surface area contributed by atoms with Gasteiger partial charge in [-0.05, 0) is 0 Å². The van der Waals surface area contributed by atoms with Crippen molar-refractivity contribution in [2.75, 3.05) is 10.2 Å². The van der Waals surface area contributed by atoms with Gasteiger partial charge in [0.05, 0.1) is 0 Å². The van der Waals surface area contributed by atoms with E-state index in [4.69, 9.17) is 10.7 Å². The molecule has 0 bridgehead atoms. The predicted molar refractivity (Wildman–Crippen MR) is 32.2 cm³/mol. The number of hydrogen-bond acceptors (Lipinski definition) is 1. The van der Waals surface area contributed by atoms with Crippen LogP contribution in [0, 0.1) is 0 Å². The van der Waals surface area contributed by atoms with Gasteiger partial charge in [0.25, 0.3) is 0 Å². The van der Waals surface area contributed by atoms with Crippen molar-refractivity contribution in [3.05, 3.63) is 0 Å². The fraction of sp³-hybridized carbons (Fsp3) is 1.00. The van der Waals surface area contributed by atoms with Crippen molar-refractivity contribution in [2.45, 2.75) is 0 Å². The molecular formula is C2H5ClS2. The second kappa shape index (κ2) is 1.63. The fourth-order valence-corrected chi connectivity index (χ4v) is 2.68. The van der Waals surface area contributed by atoms with Crippen molar-refractivity contribution >= 4 is 32.6 Å². The van der Waals surface area contributed by atoms with Crippen LogP contribution in [0.2, 0.25) is 0 Å². The van der Waals surface area contributed by atoms with Crippen LogP contribution in [-0.4, -0.2) is 10.2 Å². The molecule has 3 heteroatoms. The third-order valence-electron chi connectivity index (χ3n) is 0.463. The average molecular weight is 129 g/mol. The first-order chi connectivity index (χ1) is 2.39. The molecule has 0 atom stereocenters. The van der Waals surface area contributed by atoms with Crippen LogP contribution in [0.4, 0.5) is 0 Å². The Labute approximate surface area is 43.1 Å². The van der Waals surface area contributed by atoms with E-state index >= 15 is 0 Å². The van der Waals surface area contributed by atoms with E-state index in [9.17, 15) is 0 Å². The quantitative estimate of drug-likeness (QED) is 0.486. The van der Waals surface area contributed by atoms with Crippen LogP contribution in [0.15, 0.2) is 0 Å². The summed E-state index contributed by atoms with van der Waals surface area (Å²) in [6.45, 7) is 0. The second-order valence-corrected chi connectivity index (χ2v) is 5.76. The molecular weight excluding hydrogens is 124 g/mol. The lowest BCUT2D eigenvalue weighted by Crippen LogP contribution is -1.91. The third kappa shape index (κ3) is 0.913. The maximum Gasteiger partial charge on any atom is 0.0348 e. The van der Waals surface area contributed by atoms with Gasteiger partial charge in [-0.2, -0.15) is 10.1 Å². The molecule has 1 rings (SSSR count). The van der Waals surface area contributed by atoms with Gasteiger partial charge in [0.2, 0.25) is 0 Å². The zero-order chi connectivity index (χ0) is 3.70. The maximum atomic E-state index is 5.59. The summed E-state index contributed by atoms with van der Waals surface area (Å²) in [5.74, 6) is 0. The second-order valence-electron chi connectivity index (χ2n) is 0.925. The van der Waals surface area contributed by atoms with E-state index in [0.717, 1.165) is 0 Å². The van der Waals surface area contributed by atoms with Gasteiger partial charge in [-0.25, -0.2) is 0 Å². The Morgan fingerprint density at radius 2 is 2.00 bits per heavy atom. The summed E-state index contributed by atoms with van der Waals surface area (Å²) in [6, 6.07) is 0. The van der Waals surface area contributed by atoms with E-state index in [-0.39, 0.29) is 10.1 Å². The maximum absolute atomic E-state index is 5.59. The van der Waals surface area contributed by atoms with Gasteiger partial charge < -0.3 is 0 Å². The standard InChI is InChI=1S/C2H5ClS2/c3-5-1-4-2-5/h5H,1-2H2. The summed E-state index contributed by atoms with van der Waals surface area (Å²) in [4.78, 5) is 0. The molecule has 0 saturated carbocycles. The van der Waals surface area contributed by atoms with E-state index in [1.807, 2.05) is 11.8 Å². The first-order valence-corrected chi connectivity index (χ1v) is 5.15. The van der Waals surface area contributed by atoms with Crippen molar-refractivity contribution in [3.63, 3.8) is 0 Å². The molecule has 0 nitrogen and oxygen atoms in total. The molecule has 0 unspecified atom stereocenters. The van der Waals surface area contributed by atoms with Gasteiger partial charge in [0.1, 0.15) is 0 Å². The van der Waals surface area contributed by atoms with Crippen LogP contribution in [0.3, 0.4) is 0 Å². The van der Waals surface area contributed by atoms with Crippen molar-refractivity contribution in [1.82, 2.24) is 0 Å². The number of halogens is 1. The zero-order valence-corrected chi connectivity index (χ0v) is 5.11. The van der Waals surface area contributed by atoms with E-state index in [1.165, 1.54) is 10.2 Å². The van der Waals surface area contributed by atoms with Crippen LogP contribution < -0.4 is 0 Å². The zero-order valence-electron chi connectivity index (χ0n) is 2.65. The molecule has 0 aromatic carbocycles. The van der Waals surface area contributed by atoms with E-state index in [1.54, 1.807) is 0 Å². The summed E-state index contributed by atoms with van der Waals surface area (Å²) in [7, 11) is 5.61. The van der Waals surface area contributed by atoms with Gasteiger partial charge in [-0.3, -0.25) is 0 Å². The highest BCUT2D eigenvalue weighted by Gasteiger charge is 2.07. The molecule has 0 aromatic rings. The Bertz CT molecular complexity index is 34.6. The topological polar surface area (TPSA) is 0 Å². The van der Waals surface area contributed by atoms with Crippen molar-refractivity contribution < 1.29 is 0 Å². The molecule has 0 spiro atoms. The molecule has 32 valence electrons. The Morgan fingerprint density at radius 1 is 1.60 bits per heavy atom. The predicted octanol–water partition coefficient (Wildman–Crippen LogP) is 1.80. The Morgan fingerprint density at radius 3 is 2.00 bits per heavy atom. The summed E-state index contributed by atoms with van der Waals surface area (Å²) in [5.41, 5.74) is 0. The Hall–Kier alpha value is 0.990. The number of thiol groups is 1. The minimum Gasteiger partial charge on any atom is -0.156 e. The van der Waals surface area contributed by atoms with Crippen LogP contribution in [-0.2, 0) is 0 Å². The number of thioether (sulfide) groups is 1. The highest BCUT2D eigenvalue weighted by molar-refractivity contribution is 8.52. The van der Waals surface area contributed by atoms with Crippen molar-refractivity contribution in [3.8, 4) is 0 Å². The summed E-state index contributed by atoms with van der Waals surface area (Å²) >= 11 is 1.94. The molecule has 1 aliphatic heterocycles. The number of hydrogen-bond donors (Lipinski definition) is 1. The lowest BCUT2D eigenvalue weighted by molar-refractivity contribution is 2.02. The van der Waals surface area contributed by atoms with Crippen molar-refractivity contribution in [2.24, 2.45) is 0 Å². The molecule has 5 heavy (non-hydrogen) atoms. The van der Waals surface area contributed by atoms with E-state index in [2.05, 4.69) is 0 Å². The molecule has 0 aliphatic carbocycles. The van der Waals surface area contributed by atoms with E-state index < -0.39 is 0 Å². The molecule has 0 aromatic heterocycles. The molecule has 0 amide bonds. The highest BCUT2D eigenvalue weighted by atomic mass is 35.7. The lowest BCUT2D eigenvalue weighted by Gasteiger charge is -2.20. The van der Waals surface area contributed by atoms with Gasteiger partial charge in [-0.1, -0.05) is 10.7 Å². The molecule has 1 fully saturated rings. The van der Waals surface area contributed by atoms with Gasteiger partial charge in [0, 0.05) is 10.2 Å². The Balaban J connectivity index is 2.08. The minimum atomic E-state index is 0.0175. The first-order valence-electron chi connectivity index (χ1n) is 1.38. The molecule has 0 N–H and O–H groups in total. The Kier molecular flexibility index (Phi) is 1.35. The fourth-order valence-electron chi connectivity index (χ4n) is 0.160. The van der Waals surface area contributed by atoms with E-state index in [0.29, 0.717) is 0 Å². The van der Waals surface area contributed by atoms with Crippen molar-refractivity contribution in [1.29, 1.82) is 0 Å². The highest BCUT2D eigenvalue weighted by Crippen LogP contribution is 2.48. The monoisotopic (exact) mass is 128 g/mol. The first kappa shape index (κ1) is 4.16. The molecule has 1 aliphatic rings. The average Bonchev–Trinajstić information content (AvgIpc) is 1.30. The third-order valence-corrected chi connectivity index (χ3v) is 5.92. The van der Waals surface area contributed by atoms with Gasteiger partial charge in [-0.15, -0.1) is 11.8 Å². The van der Waals surface area contributed by atoms with Crippen LogP contribution >= 0.6 is 32.6 Å². The molecule has 1 heterocycles. The van der Waals surface area contributed by atoms with Gasteiger partial charge in [0.15, 0.2) is 0 Å². The summed E-state index contributed by atoms with van der Waals surface area (Å²) < 4.78 is 0. The summed E-state index contributed by atoms with van der Waals surface area (Å²) in [6.07, 6.45) is 0. The lowest BCUT2D eigenvalue weighted by atomic mass is 11.8. The smallest absolute Gasteiger partial charge is 0.0348 e. The normalized spacial score (nSPS) is 29.4. The van der Waals surface area contributed by atoms with Crippen LogP contribution in [0.25, 0.3) is 0 Å². The van der Waals surface area contributed by atoms with Gasteiger partial charge >= 0.3 is 0 Å². The van der Waals surface area contributed by atoms with Crippen LogP contribution in [0.5, 0.6) is 0 Å². The molecule has 0 radical (unpaired) electrons. The summed E-state index contributed by atoms with van der Waals surface area (Å²) in [5, 5.41) is 2.47. The van der Waals surface area contributed by atoms with Crippen LogP contribution in [0.1, 0.15) is 0 Å².